The molecule has 1 aromatic heterocycles. The van der Waals surface area contributed by atoms with Crippen molar-refractivity contribution in [3.05, 3.63) is 69.6 Å². The molecule has 4 nitrogen and oxygen atoms in total. The Morgan fingerprint density at radius 3 is 2.61 bits per heavy atom. The summed E-state index contributed by atoms with van der Waals surface area (Å²) in [7, 11) is 0. The van der Waals surface area contributed by atoms with Gasteiger partial charge < -0.3 is 10.2 Å². The van der Waals surface area contributed by atoms with Gasteiger partial charge in [-0.05, 0) is 54.0 Å². The van der Waals surface area contributed by atoms with Crippen molar-refractivity contribution in [2.45, 2.75) is 50.6 Å². The van der Waals surface area contributed by atoms with Crippen molar-refractivity contribution in [3.63, 3.8) is 0 Å². The Bertz CT molecular complexity index is 1120. The second kappa shape index (κ2) is 8.64. The number of amides is 2. The lowest BCUT2D eigenvalue weighted by atomic mass is 9.96. The van der Waals surface area contributed by atoms with E-state index in [2.05, 4.69) is 17.4 Å². The Kier molecular flexibility index (Phi) is 5.72. The van der Waals surface area contributed by atoms with E-state index in [1.807, 2.05) is 36.4 Å². The maximum atomic E-state index is 13.5. The summed E-state index contributed by atoms with van der Waals surface area (Å²) in [4.78, 5) is 29.6. The molecule has 3 aromatic rings. The maximum Gasteiger partial charge on any atom is 0.248 e. The number of hydrogen-bond donors (Lipinski definition) is 1. The Labute approximate surface area is 191 Å². The van der Waals surface area contributed by atoms with Crippen LogP contribution in [0.2, 0.25) is 5.02 Å². The molecule has 1 saturated carbocycles. The molecule has 160 valence electrons. The van der Waals surface area contributed by atoms with Crippen LogP contribution >= 0.6 is 22.9 Å². The third-order valence-electron chi connectivity index (χ3n) is 6.44. The van der Waals surface area contributed by atoms with Crippen LogP contribution in [0.3, 0.4) is 0 Å². The van der Waals surface area contributed by atoms with Crippen molar-refractivity contribution in [2.24, 2.45) is 0 Å². The summed E-state index contributed by atoms with van der Waals surface area (Å²) in [6.45, 7) is 0.511. The molecule has 1 fully saturated rings. The zero-order valence-electron chi connectivity index (χ0n) is 17.3. The second-order valence-corrected chi connectivity index (χ2v) is 9.99. The van der Waals surface area contributed by atoms with Gasteiger partial charge in [-0.2, -0.15) is 0 Å². The normalized spacial score (nSPS) is 19.1. The average molecular weight is 453 g/mol. The lowest BCUT2D eigenvalue weighted by Crippen LogP contribution is -2.49. The van der Waals surface area contributed by atoms with Gasteiger partial charge in [-0.15, -0.1) is 11.3 Å². The van der Waals surface area contributed by atoms with Gasteiger partial charge in [0.1, 0.15) is 6.04 Å². The summed E-state index contributed by atoms with van der Waals surface area (Å²) >= 11 is 7.66. The van der Waals surface area contributed by atoms with Crippen LogP contribution in [0.1, 0.15) is 47.7 Å². The molecule has 2 heterocycles. The predicted molar refractivity (Wildman–Crippen MR) is 126 cm³/mol. The van der Waals surface area contributed by atoms with E-state index in [0.717, 1.165) is 51.8 Å². The molecule has 2 aromatic carbocycles. The van der Waals surface area contributed by atoms with Gasteiger partial charge in [0.2, 0.25) is 11.8 Å². The summed E-state index contributed by atoms with van der Waals surface area (Å²) in [5.41, 5.74) is 2.13. The van der Waals surface area contributed by atoms with Crippen LogP contribution in [0, 0.1) is 0 Å². The number of carbonyl (C=O) groups is 2. The number of nitrogens with one attached hydrogen (secondary N) is 1. The van der Waals surface area contributed by atoms with Gasteiger partial charge in [0.05, 0.1) is 6.42 Å². The number of nitrogens with zero attached hydrogens (tertiary/aromatic N) is 1. The van der Waals surface area contributed by atoms with Crippen LogP contribution in [-0.4, -0.2) is 29.3 Å². The van der Waals surface area contributed by atoms with Crippen LogP contribution in [-0.2, 0) is 22.4 Å². The standard InChI is InChI=1S/C25H25ClN2O2S/c26-17-11-9-16(10-12-17)13-14-28-22(29)15-20-19-7-3-4-8-21(19)31-24(20)23(28)25(30)27-18-5-1-2-6-18/h3-4,7-12,18,23H,1-2,5-6,13-15H2,(H,27,30)/t23-/m0/s1. The summed E-state index contributed by atoms with van der Waals surface area (Å²) < 4.78 is 1.14. The zero-order valence-corrected chi connectivity index (χ0v) is 18.8. The average Bonchev–Trinajstić information content (AvgIpc) is 3.40. The van der Waals surface area contributed by atoms with Crippen LogP contribution in [0.15, 0.2) is 48.5 Å². The first-order valence-corrected chi connectivity index (χ1v) is 12.1. The first-order chi connectivity index (χ1) is 15.1. The number of rotatable bonds is 5. The smallest absolute Gasteiger partial charge is 0.248 e. The number of fused-ring (bicyclic) bond motifs is 3. The van der Waals surface area contributed by atoms with Gasteiger partial charge in [0.15, 0.2) is 0 Å². The molecule has 1 aliphatic heterocycles. The fourth-order valence-corrected chi connectivity index (χ4v) is 6.29. The van der Waals surface area contributed by atoms with Gasteiger partial charge in [-0.3, -0.25) is 9.59 Å². The van der Waals surface area contributed by atoms with E-state index in [1.165, 1.54) is 0 Å². The third kappa shape index (κ3) is 4.09. The van der Waals surface area contributed by atoms with Crippen LogP contribution < -0.4 is 5.32 Å². The quantitative estimate of drug-likeness (QED) is 0.572. The highest BCUT2D eigenvalue weighted by Crippen LogP contribution is 2.41. The number of carbonyl (C=O) groups excluding carboxylic acids is 2. The topological polar surface area (TPSA) is 49.4 Å². The van der Waals surface area contributed by atoms with Crippen molar-refractivity contribution in [2.75, 3.05) is 6.54 Å². The Morgan fingerprint density at radius 2 is 1.84 bits per heavy atom. The molecule has 1 aliphatic carbocycles. The van der Waals surface area contributed by atoms with Crippen molar-refractivity contribution in [1.29, 1.82) is 0 Å². The number of benzene rings is 2. The molecule has 0 radical (unpaired) electrons. The minimum absolute atomic E-state index is 0.0246. The maximum absolute atomic E-state index is 13.5. The highest BCUT2D eigenvalue weighted by molar-refractivity contribution is 7.19. The number of halogens is 1. The van der Waals surface area contributed by atoms with Gasteiger partial charge in [0, 0.05) is 27.2 Å². The van der Waals surface area contributed by atoms with Gasteiger partial charge >= 0.3 is 0 Å². The van der Waals surface area contributed by atoms with E-state index in [4.69, 9.17) is 11.6 Å². The number of hydrogen-bond acceptors (Lipinski definition) is 3. The molecule has 2 amide bonds. The SMILES string of the molecule is O=C(NC1CCCC1)[C@@H]1c2sc3ccccc3c2CC(=O)N1CCc1ccc(Cl)cc1. The fraction of sp³-hybridized carbons (Fsp3) is 0.360. The first-order valence-electron chi connectivity index (χ1n) is 10.9. The fourth-order valence-electron chi connectivity index (χ4n) is 4.82. The molecule has 1 N–H and O–H groups in total. The molecular weight excluding hydrogens is 428 g/mol. The van der Waals surface area contributed by atoms with Crippen LogP contribution in [0.25, 0.3) is 10.1 Å². The molecular formula is C25H25ClN2O2S. The summed E-state index contributed by atoms with van der Waals surface area (Å²) in [6.07, 6.45) is 5.41. The Balaban J connectivity index is 1.47. The van der Waals surface area contributed by atoms with Gasteiger partial charge in [-0.1, -0.05) is 54.8 Å². The molecule has 0 bridgehead atoms. The van der Waals surface area contributed by atoms with Gasteiger partial charge in [-0.25, -0.2) is 0 Å². The Morgan fingerprint density at radius 1 is 1.10 bits per heavy atom. The van der Waals surface area contributed by atoms with E-state index >= 15 is 0 Å². The largest absolute Gasteiger partial charge is 0.351 e. The monoisotopic (exact) mass is 452 g/mol. The predicted octanol–water partition coefficient (Wildman–Crippen LogP) is 5.28. The van der Waals surface area contributed by atoms with Crippen LogP contribution in [0.5, 0.6) is 0 Å². The zero-order chi connectivity index (χ0) is 21.4. The molecule has 6 heteroatoms. The van der Waals surface area contributed by atoms with E-state index < -0.39 is 6.04 Å². The van der Waals surface area contributed by atoms with Gasteiger partial charge in [0.25, 0.3) is 0 Å². The first kappa shape index (κ1) is 20.5. The molecule has 0 unspecified atom stereocenters. The highest BCUT2D eigenvalue weighted by atomic mass is 35.5. The van der Waals surface area contributed by atoms with E-state index in [0.29, 0.717) is 24.4 Å². The van der Waals surface area contributed by atoms with Crippen molar-refractivity contribution in [1.82, 2.24) is 10.2 Å². The Hall–Kier alpha value is -2.37. The second-order valence-electron chi connectivity index (χ2n) is 8.47. The van der Waals surface area contributed by atoms with E-state index in [1.54, 1.807) is 16.2 Å². The lowest BCUT2D eigenvalue weighted by molar-refractivity contribution is -0.141. The molecule has 31 heavy (non-hydrogen) atoms. The van der Waals surface area contributed by atoms with E-state index in [9.17, 15) is 9.59 Å². The summed E-state index contributed by atoms with van der Waals surface area (Å²) in [6, 6.07) is 15.5. The molecule has 0 saturated heterocycles. The summed E-state index contributed by atoms with van der Waals surface area (Å²) in [5, 5.41) is 5.05. The minimum atomic E-state index is -0.554. The molecule has 1 atom stereocenters. The number of thiophene rings is 1. The summed E-state index contributed by atoms with van der Waals surface area (Å²) in [5.74, 6) is -0.0135. The lowest BCUT2D eigenvalue weighted by Gasteiger charge is -2.35. The highest BCUT2D eigenvalue weighted by Gasteiger charge is 2.40. The third-order valence-corrected chi connectivity index (χ3v) is 7.96. The molecule has 0 spiro atoms. The van der Waals surface area contributed by atoms with E-state index in [-0.39, 0.29) is 17.9 Å². The van der Waals surface area contributed by atoms with Crippen molar-refractivity contribution in [3.8, 4) is 0 Å². The minimum Gasteiger partial charge on any atom is -0.351 e. The van der Waals surface area contributed by atoms with Crippen molar-refractivity contribution < 1.29 is 9.59 Å². The molecule has 5 rings (SSSR count). The molecule has 2 aliphatic rings. The van der Waals surface area contributed by atoms with Crippen LogP contribution in [0.4, 0.5) is 0 Å². The van der Waals surface area contributed by atoms with Crippen molar-refractivity contribution >= 4 is 44.8 Å².